The van der Waals surface area contributed by atoms with Crippen LogP contribution in [0.15, 0.2) is 18.2 Å². The summed E-state index contributed by atoms with van der Waals surface area (Å²) in [6, 6.07) is 4.80. The molecule has 1 fully saturated rings. The monoisotopic (exact) mass is 252 g/mol. The Balaban J connectivity index is 2.38. The fraction of sp³-hybridized carbons (Fsp3) is 0.333. The Morgan fingerprint density at radius 1 is 1.12 bits per heavy atom. The van der Waals surface area contributed by atoms with Crippen LogP contribution in [0.5, 0.6) is 0 Å². The molecule has 1 aliphatic rings. The molecule has 5 heteroatoms. The van der Waals surface area contributed by atoms with Crippen molar-refractivity contribution in [2.75, 3.05) is 10.6 Å². The van der Waals surface area contributed by atoms with Crippen LogP contribution in [-0.2, 0) is 9.59 Å². The molecular weight excluding hydrogens is 240 g/mol. The summed E-state index contributed by atoms with van der Waals surface area (Å²) in [5.41, 5.74) is 6.53. The lowest BCUT2D eigenvalue weighted by atomic mass is 10.2. The van der Waals surface area contributed by atoms with Crippen LogP contribution in [0.4, 0.5) is 11.4 Å². The number of halogens is 1. The van der Waals surface area contributed by atoms with Gasteiger partial charge in [0.2, 0.25) is 11.8 Å². The van der Waals surface area contributed by atoms with Crippen LogP contribution >= 0.6 is 11.6 Å². The van der Waals surface area contributed by atoms with Crippen LogP contribution < -0.4 is 10.6 Å². The number of hydrogen-bond acceptors (Lipinski definition) is 3. The molecule has 2 N–H and O–H groups in total. The number of imide groups is 1. The molecule has 0 saturated carbocycles. The smallest absolute Gasteiger partial charge is 0.233 e. The highest BCUT2D eigenvalue weighted by Crippen LogP contribution is 2.27. The van der Waals surface area contributed by atoms with E-state index in [1.165, 1.54) is 4.90 Å². The van der Waals surface area contributed by atoms with Crippen LogP contribution in [0.3, 0.4) is 0 Å². The summed E-state index contributed by atoms with van der Waals surface area (Å²) >= 11 is 5.90. The molecule has 17 heavy (non-hydrogen) atoms. The zero-order chi connectivity index (χ0) is 12.4. The SMILES string of the molecule is Nc1ccc(N2C(=O)CCCCC2=O)cc1Cl. The number of carbonyl (C=O) groups excluding carboxylic acids is 2. The van der Waals surface area contributed by atoms with E-state index in [1.807, 2.05) is 0 Å². The third-order valence-corrected chi connectivity index (χ3v) is 3.10. The molecule has 90 valence electrons. The van der Waals surface area contributed by atoms with E-state index in [1.54, 1.807) is 18.2 Å². The number of hydrogen-bond donors (Lipinski definition) is 1. The maximum Gasteiger partial charge on any atom is 0.233 e. The Kier molecular flexibility index (Phi) is 3.33. The largest absolute Gasteiger partial charge is 0.398 e. The minimum Gasteiger partial charge on any atom is -0.398 e. The van der Waals surface area contributed by atoms with Gasteiger partial charge in [0.25, 0.3) is 0 Å². The first kappa shape index (κ1) is 11.9. The van der Waals surface area contributed by atoms with Crippen molar-refractivity contribution in [2.24, 2.45) is 0 Å². The average molecular weight is 253 g/mol. The minimum atomic E-state index is -0.173. The van der Waals surface area contributed by atoms with Crippen molar-refractivity contribution in [3.8, 4) is 0 Å². The van der Waals surface area contributed by atoms with Crippen molar-refractivity contribution < 1.29 is 9.59 Å². The third-order valence-electron chi connectivity index (χ3n) is 2.77. The highest BCUT2D eigenvalue weighted by molar-refractivity contribution is 6.33. The second-order valence-corrected chi connectivity index (χ2v) is 4.44. The normalized spacial score (nSPS) is 17.1. The van der Waals surface area contributed by atoms with Crippen molar-refractivity contribution in [1.82, 2.24) is 0 Å². The topological polar surface area (TPSA) is 63.4 Å². The van der Waals surface area contributed by atoms with Crippen molar-refractivity contribution in [1.29, 1.82) is 0 Å². The maximum absolute atomic E-state index is 11.9. The minimum absolute atomic E-state index is 0.173. The van der Waals surface area contributed by atoms with Crippen LogP contribution in [0.1, 0.15) is 25.7 Å². The summed E-state index contributed by atoms with van der Waals surface area (Å²) in [6.45, 7) is 0. The molecule has 0 unspecified atom stereocenters. The van der Waals surface area contributed by atoms with Crippen molar-refractivity contribution in [3.63, 3.8) is 0 Å². The molecule has 0 aromatic heterocycles. The van der Waals surface area contributed by atoms with Crippen molar-refractivity contribution in [2.45, 2.75) is 25.7 Å². The van der Waals surface area contributed by atoms with E-state index in [2.05, 4.69) is 0 Å². The summed E-state index contributed by atoms with van der Waals surface area (Å²) < 4.78 is 0. The number of nitrogens with zero attached hydrogens (tertiary/aromatic N) is 1. The molecular formula is C12H13ClN2O2. The fourth-order valence-corrected chi connectivity index (χ4v) is 2.03. The standard InChI is InChI=1S/C12H13ClN2O2/c13-9-7-8(5-6-10(9)14)15-11(16)3-1-2-4-12(15)17/h5-7H,1-4,14H2. The Bertz CT molecular complexity index is 456. The summed E-state index contributed by atoms with van der Waals surface area (Å²) in [6.07, 6.45) is 2.30. The molecule has 0 bridgehead atoms. The first-order valence-electron chi connectivity index (χ1n) is 5.50. The molecule has 4 nitrogen and oxygen atoms in total. The first-order valence-corrected chi connectivity index (χ1v) is 5.88. The number of amides is 2. The molecule has 2 amide bonds. The number of anilines is 2. The van der Waals surface area contributed by atoms with E-state index < -0.39 is 0 Å². The predicted octanol–water partition coefficient (Wildman–Crippen LogP) is 2.36. The molecule has 0 aliphatic carbocycles. The number of carbonyl (C=O) groups is 2. The van der Waals surface area contributed by atoms with Crippen molar-refractivity contribution in [3.05, 3.63) is 23.2 Å². The number of benzene rings is 1. The third kappa shape index (κ3) is 2.42. The number of rotatable bonds is 1. The van der Waals surface area contributed by atoms with Gasteiger partial charge in [0, 0.05) is 12.8 Å². The average Bonchev–Trinajstić information content (AvgIpc) is 2.45. The summed E-state index contributed by atoms with van der Waals surface area (Å²) in [7, 11) is 0. The molecule has 1 heterocycles. The van der Waals surface area contributed by atoms with E-state index in [0.717, 1.165) is 12.8 Å². The van der Waals surface area contributed by atoms with E-state index in [4.69, 9.17) is 17.3 Å². The maximum atomic E-state index is 11.9. The highest BCUT2D eigenvalue weighted by Gasteiger charge is 2.25. The molecule has 1 aromatic rings. The van der Waals surface area contributed by atoms with Gasteiger partial charge in [0.05, 0.1) is 16.4 Å². The summed E-state index contributed by atoms with van der Waals surface area (Å²) in [4.78, 5) is 24.9. The van der Waals surface area contributed by atoms with Gasteiger partial charge >= 0.3 is 0 Å². The van der Waals surface area contributed by atoms with Crippen LogP contribution in [0, 0.1) is 0 Å². The highest BCUT2D eigenvalue weighted by atomic mass is 35.5. The van der Waals surface area contributed by atoms with Crippen molar-refractivity contribution >= 4 is 34.8 Å². The lowest BCUT2D eigenvalue weighted by molar-refractivity contribution is -0.125. The molecule has 1 aromatic carbocycles. The Labute approximate surface area is 104 Å². The zero-order valence-corrected chi connectivity index (χ0v) is 10.0. The van der Waals surface area contributed by atoms with Gasteiger partial charge in [0.1, 0.15) is 0 Å². The zero-order valence-electron chi connectivity index (χ0n) is 9.28. The molecule has 0 radical (unpaired) electrons. The number of nitrogens with two attached hydrogens (primary N) is 1. The molecule has 2 rings (SSSR count). The van der Waals surface area contributed by atoms with E-state index >= 15 is 0 Å². The Hall–Kier alpha value is -1.55. The van der Waals surface area contributed by atoms with Gasteiger partial charge in [0.15, 0.2) is 0 Å². The number of nitrogen functional groups attached to an aromatic ring is 1. The Morgan fingerprint density at radius 2 is 1.71 bits per heavy atom. The fourth-order valence-electron chi connectivity index (χ4n) is 1.86. The Morgan fingerprint density at radius 3 is 2.24 bits per heavy atom. The first-order chi connectivity index (χ1) is 8.09. The molecule has 1 aliphatic heterocycles. The molecule has 1 saturated heterocycles. The van der Waals surface area contributed by atoms with Gasteiger partial charge in [-0.05, 0) is 31.0 Å². The second-order valence-electron chi connectivity index (χ2n) is 4.04. The van der Waals surface area contributed by atoms with Crippen LogP contribution in [0.2, 0.25) is 5.02 Å². The second kappa shape index (κ2) is 4.75. The quantitative estimate of drug-likeness (QED) is 0.616. The van der Waals surface area contributed by atoms with E-state index in [0.29, 0.717) is 29.2 Å². The summed E-state index contributed by atoms with van der Waals surface area (Å²) in [5.74, 6) is -0.346. The van der Waals surface area contributed by atoms with E-state index in [-0.39, 0.29) is 11.8 Å². The molecule has 0 spiro atoms. The summed E-state index contributed by atoms with van der Waals surface area (Å²) in [5, 5.41) is 0.354. The van der Waals surface area contributed by atoms with Crippen LogP contribution in [0.25, 0.3) is 0 Å². The molecule has 0 atom stereocenters. The van der Waals surface area contributed by atoms with Gasteiger partial charge in [-0.2, -0.15) is 0 Å². The van der Waals surface area contributed by atoms with Gasteiger partial charge in [-0.3, -0.25) is 14.5 Å². The van der Waals surface area contributed by atoms with Crippen LogP contribution in [-0.4, -0.2) is 11.8 Å². The van der Waals surface area contributed by atoms with Gasteiger partial charge in [-0.1, -0.05) is 11.6 Å². The van der Waals surface area contributed by atoms with E-state index in [9.17, 15) is 9.59 Å². The van der Waals surface area contributed by atoms with Gasteiger partial charge < -0.3 is 5.73 Å². The lowest BCUT2D eigenvalue weighted by Gasteiger charge is -2.19. The van der Waals surface area contributed by atoms with Gasteiger partial charge in [-0.25, -0.2) is 0 Å². The predicted molar refractivity (Wildman–Crippen MR) is 66.8 cm³/mol. The lowest BCUT2D eigenvalue weighted by Crippen LogP contribution is -2.35. The van der Waals surface area contributed by atoms with Gasteiger partial charge in [-0.15, -0.1) is 0 Å².